The first kappa shape index (κ1) is 12.5. The van der Waals surface area contributed by atoms with Gasteiger partial charge in [0.25, 0.3) is 0 Å². The van der Waals surface area contributed by atoms with Gasteiger partial charge in [0.2, 0.25) is 5.91 Å². The normalized spacial score (nSPS) is 24.1. The maximum Gasteiger partial charge on any atom is 0.239 e. The molecule has 1 heterocycles. The SMILES string of the molecule is CNC1CCCCN(CC(C)(C)C)C1=O. The number of carbonyl (C=O) groups excluding carboxylic acids is 1. The third-order valence-electron chi connectivity index (χ3n) is 2.79. The number of hydrogen-bond acceptors (Lipinski definition) is 2. The maximum atomic E-state index is 12.1. The van der Waals surface area contributed by atoms with E-state index in [-0.39, 0.29) is 17.4 Å². The molecule has 0 aromatic carbocycles. The molecular weight excluding hydrogens is 188 g/mol. The Morgan fingerprint density at radius 1 is 1.40 bits per heavy atom. The molecule has 1 saturated heterocycles. The van der Waals surface area contributed by atoms with Crippen molar-refractivity contribution in [2.45, 2.75) is 46.1 Å². The molecule has 1 N–H and O–H groups in total. The summed E-state index contributed by atoms with van der Waals surface area (Å²) in [5.41, 5.74) is 0.193. The first-order valence-corrected chi connectivity index (χ1v) is 5.90. The first-order valence-electron chi connectivity index (χ1n) is 5.90. The van der Waals surface area contributed by atoms with Gasteiger partial charge in [0.05, 0.1) is 6.04 Å². The molecule has 3 nitrogen and oxygen atoms in total. The third kappa shape index (κ3) is 3.82. The standard InChI is InChI=1S/C12H24N2O/c1-12(2,3)9-14-8-6-5-7-10(13-4)11(14)15/h10,13H,5-9H2,1-4H3. The minimum absolute atomic E-state index is 0.0369. The van der Waals surface area contributed by atoms with Crippen LogP contribution in [0, 0.1) is 5.41 Å². The van der Waals surface area contributed by atoms with Crippen LogP contribution < -0.4 is 5.32 Å². The van der Waals surface area contributed by atoms with Crippen LogP contribution in [0.3, 0.4) is 0 Å². The Kier molecular flexibility index (Phi) is 4.14. The number of rotatable bonds is 2. The highest BCUT2D eigenvalue weighted by molar-refractivity contribution is 5.82. The second-order valence-corrected chi connectivity index (χ2v) is 5.66. The third-order valence-corrected chi connectivity index (χ3v) is 2.79. The van der Waals surface area contributed by atoms with E-state index in [1.165, 1.54) is 0 Å². The molecule has 0 spiro atoms. The lowest BCUT2D eigenvalue weighted by Gasteiger charge is -2.30. The number of amides is 1. The Hall–Kier alpha value is -0.570. The fourth-order valence-electron chi connectivity index (χ4n) is 2.10. The number of likely N-dealkylation sites (tertiary alicyclic amines) is 1. The molecule has 0 aromatic heterocycles. The van der Waals surface area contributed by atoms with Crippen LogP contribution in [0.4, 0.5) is 0 Å². The van der Waals surface area contributed by atoms with Gasteiger partial charge in [0, 0.05) is 13.1 Å². The minimum atomic E-state index is 0.0369. The lowest BCUT2D eigenvalue weighted by molar-refractivity contribution is -0.134. The van der Waals surface area contributed by atoms with Crippen LogP contribution in [0.5, 0.6) is 0 Å². The van der Waals surface area contributed by atoms with Gasteiger partial charge in [-0.05, 0) is 31.7 Å². The van der Waals surface area contributed by atoms with E-state index in [0.29, 0.717) is 0 Å². The summed E-state index contributed by atoms with van der Waals surface area (Å²) in [6.07, 6.45) is 3.27. The van der Waals surface area contributed by atoms with E-state index < -0.39 is 0 Å². The summed E-state index contributed by atoms with van der Waals surface area (Å²) in [4.78, 5) is 14.1. The van der Waals surface area contributed by atoms with E-state index in [1.54, 1.807) is 0 Å². The molecule has 1 unspecified atom stereocenters. The van der Waals surface area contributed by atoms with Crippen LogP contribution in [0.2, 0.25) is 0 Å². The second-order valence-electron chi connectivity index (χ2n) is 5.66. The van der Waals surface area contributed by atoms with Gasteiger partial charge in [0.1, 0.15) is 0 Å². The largest absolute Gasteiger partial charge is 0.341 e. The Labute approximate surface area is 93.2 Å². The van der Waals surface area contributed by atoms with E-state index >= 15 is 0 Å². The molecular formula is C12H24N2O. The second kappa shape index (κ2) is 4.97. The highest BCUT2D eigenvalue weighted by Gasteiger charge is 2.28. The van der Waals surface area contributed by atoms with Crippen LogP contribution in [0.1, 0.15) is 40.0 Å². The summed E-state index contributed by atoms with van der Waals surface area (Å²) in [5, 5.41) is 3.12. The van der Waals surface area contributed by atoms with E-state index in [0.717, 1.165) is 32.4 Å². The first-order chi connectivity index (χ1) is 6.94. The fraction of sp³-hybridized carbons (Fsp3) is 0.917. The summed E-state index contributed by atoms with van der Waals surface area (Å²) in [6, 6.07) is 0.0369. The number of likely N-dealkylation sites (N-methyl/N-ethyl adjacent to an activating group) is 1. The summed E-state index contributed by atoms with van der Waals surface area (Å²) in [7, 11) is 1.88. The molecule has 0 aromatic rings. The molecule has 1 atom stereocenters. The predicted molar refractivity (Wildman–Crippen MR) is 62.7 cm³/mol. The van der Waals surface area contributed by atoms with Crippen molar-refractivity contribution in [2.75, 3.05) is 20.1 Å². The van der Waals surface area contributed by atoms with Crippen LogP contribution >= 0.6 is 0 Å². The molecule has 0 aliphatic carbocycles. The fourth-order valence-corrected chi connectivity index (χ4v) is 2.10. The average Bonchev–Trinajstić information content (AvgIpc) is 2.28. The van der Waals surface area contributed by atoms with Gasteiger partial charge in [-0.15, -0.1) is 0 Å². The molecule has 1 fully saturated rings. The summed E-state index contributed by atoms with van der Waals surface area (Å²) < 4.78 is 0. The molecule has 15 heavy (non-hydrogen) atoms. The van der Waals surface area contributed by atoms with Crippen molar-refractivity contribution in [3.05, 3.63) is 0 Å². The lowest BCUT2D eigenvalue weighted by Crippen LogP contribution is -2.46. The molecule has 1 aliphatic heterocycles. The van der Waals surface area contributed by atoms with Crippen molar-refractivity contribution in [1.82, 2.24) is 10.2 Å². The Bertz CT molecular complexity index is 220. The molecule has 3 heteroatoms. The molecule has 88 valence electrons. The molecule has 1 aliphatic rings. The predicted octanol–water partition coefficient (Wildman–Crippen LogP) is 1.63. The Morgan fingerprint density at radius 2 is 2.07 bits per heavy atom. The van der Waals surface area contributed by atoms with E-state index in [2.05, 4.69) is 26.1 Å². The Morgan fingerprint density at radius 3 is 2.60 bits per heavy atom. The molecule has 1 rings (SSSR count). The van der Waals surface area contributed by atoms with Gasteiger partial charge in [0.15, 0.2) is 0 Å². The molecule has 0 bridgehead atoms. The van der Waals surface area contributed by atoms with Gasteiger partial charge < -0.3 is 10.2 Å². The summed E-state index contributed by atoms with van der Waals surface area (Å²) in [5.74, 6) is 0.282. The van der Waals surface area contributed by atoms with Crippen LogP contribution in [0.15, 0.2) is 0 Å². The van der Waals surface area contributed by atoms with Gasteiger partial charge in [-0.25, -0.2) is 0 Å². The van der Waals surface area contributed by atoms with Crippen LogP contribution in [-0.4, -0.2) is 37.0 Å². The quantitative estimate of drug-likeness (QED) is 0.754. The van der Waals surface area contributed by atoms with Crippen molar-refractivity contribution < 1.29 is 4.79 Å². The van der Waals surface area contributed by atoms with Crippen LogP contribution in [0.25, 0.3) is 0 Å². The zero-order valence-corrected chi connectivity index (χ0v) is 10.5. The lowest BCUT2D eigenvalue weighted by atomic mass is 9.96. The van der Waals surface area contributed by atoms with Crippen molar-refractivity contribution in [1.29, 1.82) is 0 Å². The van der Waals surface area contributed by atoms with Crippen molar-refractivity contribution in [3.8, 4) is 0 Å². The monoisotopic (exact) mass is 212 g/mol. The van der Waals surface area contributed by atoms with E-state index in [1.807, 2.05) is 11.9 Å². The molecule has 1 amide bonds. The number of nitrogens with zero attached hydrogens (tertiary/aromatic N) is 1. The zero-order valence-electron chi connectivity index (χ0n) is 10.5. The maximum absolute atomic E-state index is 12.1. The smallest absolute Gasteiger partial charge is 0.239 e. The van der Waals surface area contributed by atoms with Gasteiger partial charge in [-0.2, -0.15) is 0 Å². The Balaban J connectivity index is 2.65. The van der Waals surface area contributed by atoms with Gasteiger partial charge in [-0.1, -0.05) is 20.8 Å². The highest BCUT2D eigenvalue weighted by atomic mass is 16.2. The van der Waals surface area contributed by atoms with E-state index in [4.69, 9.17) is 0 Å². The van der Waals surface area contributed by atoms with Crippen molar-refractivity contribution in [3.63, 3.8) is 0 Å². The van der Waals surface area contributed by atoms with Crippen LogP contribution in [-0.2, 0) is 4.79 Å². The van der Waals surface area contributed by atoms with Gasteiger partial charge >= 0.3 is 0 Å². The topological polar surface area (TPSA) is 32.3 Å². The van der Waals surface area contributed by atoms with Gasteiger partial charge in [-0.3, -0.25) is 4.79 Å². The average molecular weight is 212 g/mol. The zero-order chi connectivity index (χ0) is 11.5. The summed E-state index contributed by atoms with van der Waals surface area (Å²) in [6.45, 7) is 8.33. The highest BCUT2D eigenvalue weighted by Crippen LogP contribution is 2.19. The summed E-state index contributed by atoms with van der Waals surface area (Å²) >= 11 is 0. The molecule has 0 radical (unpaired) electrons. The molecule has 0 saturated carbocycles. The minimum Gasteiger partial charge on any atom is -0.341 e. The number of carbonyl (C=O) groups is 1. The van der Waals surface area contributed by atoms with Crippen molar-refractivity contribution in [2.24, 2.45) is 5.41 Å². The van der Waals surface area contributed by atoms with E-state index in [9.17, 15) is 4.79 Å². The number of nitrogens with one attached hydrogen (secondary N) is 1. The van der Waals surface area contributed by atoms with Crippen molar-refractivity contribution >= 4 is 5.91 Å². The number of hydrogen-bond donors (Lipinski definition) is 1.